The summed E-state index contributed by atoms with van der Waals surface area (Å²) in [4.78, 5) is 14.3. The Morgan fingerprint density at radius 3 is 2.48 bits per heavy atom. The van der Waals surface area contributed by atoms with E-state index in [2.05, 4.69) is 17.1 Å². The standard InChI is InChI=1S/C19H19Cl2N3O/c1-3-13-24(14(2)15-7-5-4-6-8-15)19(25)18(21)23-22-17-11-9-16(20)10-12-17/h3-12,14,22H,1,13H2,2H3/b23-18+/t14-/m0/s1. The molecule has 25 heavy (non-hydrogen) atoms. The number of nitrogens with zero attached hydrogens (tertiary/aromatic N) is 2. The fourth-order valence-corrected chi connectivity index (χ4v) is 2.55. The summed E-state index contributed by atoms with van der Waals surface area (Å²) in [7, 11) is 0. The molecule has 0 spiro atoms. The molecule has 1 N–H and O–H groups in total. The number of rotatable bonds is 7. The lowest BCUT2D eigenvalue weighted by Crippen LogP contribution is -2.37. The number of carbonyl (C=O) groups is 1. The van der Waals surface area contributed by atoms with Crippen LogP contribution in [-0.4, -0.2) is 22.5 Å². The van der Waals surface area contributed by atoms with Gasteiger partial charge >= 0.3 is 0 Å². The van der Waals surface area contributed by atoms with Crippen LogP contribution >= 0.6 is 23.2 Å². The lowest BCUT2D eigenvalue weighted by atomic mass is 10.1. The smallest absolute Gasteiger partial charge is 0.286 e. The van der Waals surface area contributed by atoms with Crippen LogP contribution in [0.3, 0.4) is 0 Å². The van der Waals surface area contributed by atoms with Gasteiger partial charge in [-0.3, -0.25) is 10.2 Å². The van der Waals surface area contributed by atoms with Gasteiger partial charge in [0.25, 0.3) is 5.91 Å². The van der Waals surface area contributed by atoms with Crippen molar-refractivity contribution in [2.75, 3.05) is 12.0 Å². The van der Waals surface area contributed by atoms with Gasteiger partial charge in [-0.1, -0.05) is 59.6 Å². The topological polar surface area (TPSA) is 44.7 Å². The van der Waals surface area contributed by atoms with E-state index in [9.17, 15) is 4.79 Å². The molecule has 130 valence electrons. The molecule has 0 radical (unpaired) electrons. The van der Waals surface area contributed by atoms with E-state index in [0.717, 1.165) is 5.56 Å². The molecule has 1 amide bonds. The summed E-state index contributed by atoms with van der Waals surface area (Å²) in [6.45, 7) is 6.02. The van der Waals surface area contributed by atoms with Gasteiger partial charge in [0.05, 0.1) is 11.7 Å². The maximum atomic E-state index is 12.7. The normalized spacial score (nSPS) is 12.4. The van der Waals surface area contributed by atoms with E-state index >= 15 is 0 Å². The number of nitrogens with one attached hydrogen (secondary N) is 1. The Kier molecular flexibility index (Phi) is 7.04. The van der Waals surface area contributed by atoms with Gasteiger partial charge in [-0.05, 0) is 36.8 Å². The van der Waals surface area contributed by atoms with Crippen LogP contribution in [0.15, 0.2) is 72.4 Å². The number of anilines is 1. The van der Waals surface area contributed by atoms with Crippen molar-refractivity contribution in [2.24, 2.45) is 5.10 Å². The zero-order valence-electron chi connectivity index (χ0n) is 13.8. The Hall–Kier alpha value is -2.30. The molecule has 0 heterocycles. The maximum Gasteiger partial charge on any atom is 0.286 e. The Balaban J connectivity index is 2.13. The van der Waals surface area contributed by atoms with Gasteiger partial charge in [-0.2, -0.15) is 5.10 Å². The van der Waals surface area contributed by atoms with E-state index in [-0.39, 0.29) is 17.1 Å². The Labute approximate surface area is 157 Å². The molecule has 1 atom stereocenters. The van der Waals surface area contributed by atoms with Crippen LogP contribution in [0.5, 0.6) is 0 Å². The predicted octanol–water partition coefficient (Wildman–Crippen LogP) is 5.08. The van der Waals surface area contributed by atoms with E-state index in [0.29, 0.717) is 17.3 Å². The molecular weight excluding hydrogens is 357 g/mol. The summed E-state index contributed by atoms with van der Waals surface area (Å²) >= 11 is 11.9. The molecule has 2 aromatic rings. The molecule has 4 nitrogen and oxygen atoms in total. The van der Waals surface area contributed by atoms with E-state index in [4.69, 9.17) is 23.2 Å². The lowest BCUT2D eigenvalue weighted by Gasteiger charge is -2.28. The third-order valence-corrected chi connectivity index (χ3v) is 4.14. The SMILES string of the molecule is C=CCN(C(=O)/C(Cl)=N\Nc1ccc(Cl)cc1)[C@@H](C)c1ccccc1. The predicted molar refractivity (Wildman–Crippen MR) is 105 cm³/mol. The third kappa shape index (κ3) is 5.34. The van der Waals surface area contributed by atoms with E-state index < -0.39 is 0 Å². The molecule has 0 unspecified atom stereocenters. The maximum absolute atomic E-state index is 12.7. The van der Waals surface area contributed by atoms with Crippen molar-refractivity contribution in [3.8, 4) is 0 Å². The summed E-state index contributed by atoms with van der Waals surface area (Å²) in [6, 6.07) is 16.5. The van der Waals surface area contributed by atoms with Crippen molar-refractivity contribution in [1.29, 1.82) is 0 Å². The Morgan fingerprint density at radius 1 is 1.24 bits per heavy atom. The molecule has 0 aromatic heterocycles. The molecule has 2 aromatic carbocycles. The summed E-state index contributed by atoms with van der Waals surface area (Å²) < 4.78 is 0. The number of benzene rings is 2. The first-order chi connectivity index (χ1) is 12.0. The van der Waals surface area contributed by atoms with Crippen LogP contribution in [0.1, 0.15) is 18.5 Å². The van der Waals surface area contributed by atoms with Crippen molar-refractivity contribution in [3.63, 3.8) is 0 Å². The van der Waals surface area contributed by atoms with Crippen molar-refractivity contribution >= 4 is 40.0 Å². The first-order valence-corrected chi connectivity index (χ1v) is 8.50. The second-order valence-electron chi connectivity index (χ2n) is 5.35. The first-order valence-electron chi connectivity index (χ1n) is 7.74. The highest BCUT2D eigenvalue weighted by Crippen LogP contribution is 2.21. The molecule has 0 aliphatic carbocycles. The zero-order valence-corrected chi connectivity index (χ0v) is 15.3. The third-order valence-electron chi connectivity index (χ3n) is 3.64. The Morgan fingerprint density at radius 2 is 1.88 bits per heavy atom. The number of hydrazone groups is 1. The fourth-order valence-electron chi connectivity index (χ4n) is 2.27. The molecule has 0 bridgehead atoms. The molecule has 6 heteroatoms. The van der Waals surface area contributed by atoms with Crippen LogP contribution in [0.4, 0.5) is 5.69 Å². The highest BCUT2D eigenvalue weighted by molar-refractivity contribution is 6.82. The second kappa shape index (κ2) is 9.25. The molecule has 0 saturated heterocycles. The van der Waals surface area contributed by atoms with Gasteiger partial charge in [0, 0.05) is 11.6 Å². The number of carbonyl (C=O) groups excluding carboxylic acids is 1. The van der Waals surface area contributed by atoms with E-state index in [1.807, 2.05) is 37.3 Å². The zero-order chi connectivity index (χ0) is 18.2. The molecule has 0 aliphatic heterocycles. The van der Waals surface area contributed by atoms with Gasteiger partial charge in [-0.25, -0.2) is 0 Å². The van der Waals surface area contributed by atoms with E-state index in [1.54, 1.807) is 35.2 Å². The summed E-state index contributed by atoms with van der Waals surface area (Å²) in [5, 5.41) is 4.43. The average molecular weight is 376 g/mol. The summed E-state index contributed by atoms with van der Waals surface area (Å²) in [6.07, 6.45) is 1.66. The van der Waals surface area contributed by atoms with E-state index in [1.165, 1.54) is 0 Å². The monoisotopic (exact) mass is 375 g/mol. The highest BCUT2D eigenvalue weighted by Gasteiger charge is 2.23. The highest BCUT2D eigenvalue weighted by atomic mass is 35.5. The van der Waals surface area contributed by atoms with Gasteiger partial charge in [-0.15, -0.1) is 6.58 Å². The summed E-state index contributed by atoms with van der Waals surface area (Å²) in [5.41, 5.74) is 4.44. The van der Waals surface area contributed by atoms with Crippen molar-refractivity contribution in [2.45, 2.75) is 13.0 Å². The minimum absolute atomic E-state index is 0.153. The quantitative estimate of drug-likeness (QED) is 0.416. The van der Waals surface area contributed by atoms with Gasteiger partial charge in [0.2, 0.25) is 5.17 Å². The fraction of sp³-hybridized carbons (Fsp3) is 0.158. The van der Waals surface area contributed by atoms with Crippen LogP contribution in [0.25, 0.3) is 0 Å². The number of amides is 1. The van der Waals surface area contributed by atoms with Gasteiger partial charge in [0.1, 0.15) is 0 Å². The number of hydrogen-bond acceptors (Lipinski definition) is 3. The largest absolute Gasteiger partial charge is 0.326 e. The van der Waals surface area contributed by atoms with Crippen molar-refractivity contribution in [3.05, 3.63) is 77.8 Å². The minimum Gasteiger partial charge on any atom is -0.326 e. The average Bonchev–Trinajstić information content (AvgIpc) is 2.65. The van der Waals surface area contributed by atoms with Crippen molar-refractivity contribution < 1.29 is 4.79 Å². The molecular formula is C19H19Cl2N3O. The van der Waals surface area contributed by atoms with Crippen LogP contribution in [0, 0.1) is 0 Å². The van der Waals surface area contributed by atoms with Crippen LogP contribution in [-0.2, 0) is 4.79 Å². The number of halogens is 2. The van der Waals surface area contributed by atoms with Gasteiger partial charge < -0.3 is 4.90 Å². The molecule has 0 aliphatic rings. The van der Waals surface area contributed by atoms with Crippen LogP contribution in [0.2, 0.25) is 5.02 Å². The minimum atomic E-state index is -0.376. The molecule has 0 fully saturated rings. The number of hydrogen-bond donors (Lipinski definition) is 1. The van der Waals surface area contributed by atoms with Crippen molar-refractivity contribution in [1.82, 2.24) is 4.90 Å². The molecule has 0 saturated carbocycles. The Bertz CT molecular complexity index is 745. The van der Waals surface area contributed by atoms with Gasteiger partial charge in [0.15, 0.2) is 0 Å². The first kappa shape index (κ1) is 19.0. The second-order valence-corrected chi connectivity index (χ2v) is 6.15. The summed E-state index contributed by atoms with van der Waals surface area (Å²) in [5.74, 6) is -0.376. The molecule has 2 rings (SSSR count). The van der Waals surface area contributed by atoms with Crippen LogP contribution < -0.4 is 5.43 Å². The lowest BCUT2D eigenvalue weighted by molar-refractivity contribution is -0.125.